The SMILES string of the molecule is COc1ccc(CCNC(=O)C(C)OC(=O)C2CCN(C(=O)c3cccs3)CC2)cc1. The molecule has 1 aromatic carbocycles. The van der Waals surface area contributed by atoms with Crippen molar-refractivity contribution < 1.29 is 23.9 Å². The Morgan fingerprint density at radius 3 is 2.48 bits per heavy atom. The average Bonchev–Trinajstić information content (AvgIpc) is 3.34. The molecule has 1 aliphatic rings. The van der Waals surface area contributed by atoms with Crippen LogP contribution < -0.4 is 10.1 Å². The molecule has 2 aromatic rings. The van der Waals surface area contributed by atoms with Crippen LogP contribution in [-0.4, -0.2) is 55.5 Å². The van der Waals surface area contributed by atoms with Gasteiger partial charge in [0.1, 0.15) is 5.75 Å². The molecule has 0 bridgehead atoms. The number of hydrogen-bond donors (Lipinski definition) is 1. The number of rotatable bonds is 8. The first kappa shape index (κ1) is 22.8. The number of nitrogens with zero attached hydrogens (tertiary/aromatic N) is 1. The highest BCUT2D eigenvalue weighted by Gasteiger charge is 2.30. The number of hydrogen-bond acceptors (Lipinski definition) is 6. The lowest BCUT2D eigenvalue weighted by Gasteiger charge is -2.31. The number of ether oxygens (including phenoxy) is 2. The van der Waals surface area contributed by atoms with Crippen LogP contribution in [0.4, 0.5) is 0 Å². The summed E-state index contributed by atoms with van der Waals surface area (Å²) in [5.74, 6) is -0.184. The number of nitrogens with one attached hydrogen (secondary N) is 1. The van der Waals surface area contributed by atoms with Crippen LogP contribution in [0.3, 0.4) is 0 Å². The normalized spacial score (nSPS) is 15.2. The van der Waals surface area contributed by atoms with Crippen LogP contribution in [0.25, 0.3) is 0 Å². The van der Waals surface area contributed by atoms with Gasteiger partial charge in [0.25, 0.3) is 11.8 Å². The van der Waals surface area contributed by atoms with Gasteiger partial charge in [-0.1, -0.05) is 18.2 Å². The summed E-state index contributed by atoms with van der Waals surface area (Å²) in [7, 11) is 1.62. The van der Waals surface area contributed by atoms with Gasteiger partial charge in [0, 0.05) is 19.6 Å². The molecule has 1 N–H and O–H groups in total. The summed E-state index contributed by atoms with van der Waals surface area (Å²) in [5.41, 5.74) is 1.08. The van der Waals surface area contributed by atoms with Gasteiger partial charge in [-0.05, 0) is 55.3 Å². The zero-order valence-corrected chi connectivity index (χ0v) is 18.7. The molecule has 0 radical (unpaired) electrons. The Balaban J connectivity index is 1.37. The summed E-state index contributed by atoms with van der Waals surface area (Å²) in [4.78, 5) is 39.6. The number of likely N-dealkylation sites (tertiary alicyclic amines) is 1. The van der Waals surface area contributed by atoms with Crippen molar-refractivity contribution in [3.63, 3.8) is 0 Å². The van der Waals surface area contributed by atoms with Crippen LogP contribution in [0.5, 0.6) is 5.75 Å². The van der Waals surface area contributed by atoms with Crippen LogP contribution in [0, 0.1) is 5.92 Å². The second-order valence-electron chi connectivity index (χ2n) is 7.51. The number of amides is 2. The summed E-state index contributed by atoms with van der Waals surface area (Å²) in [6, 6.07) is 11.3. The van der Waals surface area contributed by atoms with Gasteiger partial charge < -0.3 is 19.7 Å². The topological polar surface area (TPSA) is 84.9 Å². The maximum absolute atomic E-state index is 12.5. The van der Waals surface area contributed by atoms with Crippen molar-refractivity contribution in [2.75, 3.05) is 26.7 Å². The molecule has 7 nitrogen and oxygen atoms in total. The number of carbonyl (C=O) groups excluding carboxylic acids is 3. The van der Waals surface area contributed by atoms with E-state index in [2.05, 4.69) is 5.32 Å². The molecule has 0 saturated carbocycles. The highest BCUT2D eigenvalue weighted by molar-refractivity contribution is 7.12. The molecule has 2 amide bonds. The van der Waals surface area contributed by atoms with E-state index < -0.39 is 6.10 Å². The Morgan fingerprint density at radius 1 is 1.16 bits per heavy atom. The molecule has 0 aliphatic carbocycles. The van der Waals surface area contributed by atoms with Crippen LogP contribution in [0.15, 0.2) is 41.8 Å². The summed E-state index contributed by atoms with van der Waals surface area (Å²) in [6.45, 7) is 3.06. The molecule has 3 rings (SSSR count). The minimum Gasteiger partial charge on any atom is -0.497 e. The van der Waals surface area contributed by atoms with Crippen LogP contribution in [0.1, 0.15) is 35.0 Å². The molecule has 1 aromatic heterocycles. The Labute approximate surface area is 186 Å². The van der Waals surface area contributed by atoms with Gasteiger partial charge in [0.2, 0.25) is 0 Å². The Kier molecular flexibility index (Phi) is 8.06. The zero-order chi connectivity index (χ0) is 22.2. The van der Waals surface area contributed by atoms with Crippen LogP contribution in [0.2, 0.25) is 0 Å². The second kappa shape index (κ2) is 10.9. The summed E-state index contributed by atoms with van der Waals surface area (Å²) in [6.07, 6.45) is 0.908. The highest BCUT2D eigenvalue weighted by atomic mass is 32.1. The molecule has 1 aliphatic heterocycles. The van der Waals surface area contributed by atoms with Gasteiger partial charge in [0.15, 0.2) is 6.10 Å². The second-order valence-corrected chi connectivity index (χ2v) is 8.46. The summed E-state index contributed by atoms with van der Waals surface area (Å²) in [5, 5.41) is 4.68. The molecule has 8 heteroatoms. The molecule has 166 valence electrons. The number of esters is 1. The highest BCUT2D eigenvalue weighted by Crippen LogP contribution is 2.22. The summed E-state index contributed by atoms with van der Waals surface area (Å²) >= 11 is 1.42. The largest absolute Gasteiger partial charge is 0.497 e. The first-order valence-electron chi connectivity index (χ1n) is 10.4. The molecule has 2 heterocycles. The van der Waals surface area contributed by atoms with E-state index in [1.807, 2.05) is 41.8 Å². The zero-order valence-electron chi connectivity index (χ0n) is 17.8. The fraction of sp³-hybridized carbons (Fsp3) is 0.435. The number of benzene rings is 1. The molecule has 1 fully saturated rings. The Hall–Kier alpha value is -2.87. The van der Waals surface area contributed by atoms with Crippen molar-refractivity contribution in [1.82, 2.24) is 10.2 Å². The van der Waals surface area contributed by atoms with Crippen molar-refractivity contribution >= 4 is 29.1 Å². The average molecular weight is 445 g/mol. The third kappa shape index (κ3) is 6.30. The third-order valence-corrected chi connectivity index (χ3v) is 6.24. The smallest absolute Gasteiger partial charge is 0.309 e. The minimum atomic E-state index is -0.853. The van der Waals surface area contributed by atoms with Gasteiger partial charge in [-0.25, -0.2) is 0 Å². The predicted molar refractivity (Wildman–Crippen MR) is 118 cm³/mol. The number of thiophene rings is 1. The first-order valence-corrected chi connectivity index (χ1v) is 11.3. The van der Waals surface area contributed by atoms with E-state index in [1.54, 1.807) is 18.9 Å². The molecule has 1 unspecified atom stereocenters. The van der Waals surface area contributed by atoms with Gasteiger partial charge in [0.05, 0.1) is 17.9 Å². The fourth-order valence-electron chi connectivity index (χ4n) is 3.46. The minimum absolute atomic E-state index is 0.00595. The van der Waals surface area contributed by atoms with Crippen molar-refractivity contribution in [3.8, 4) is 5.75 Å². The van der Waals surface area contributed by atoms with E-state index in [0.717, 1.165) is 11.3 Å². The maximum atomic E-state index is 12.5. The van der Waals surface area contributed by atoms with E-state index in [4.69, 9.17) is 9.47 Å². The first-order chi connectivity index (χ1) is 15.0. The lowest BCUT2D eigenvalue weighted by molar-refractivity contribution is -0.160. The molecule has 31 heavy (non-hydrogen) atoms. The Bertz CT molecular complexity index is 874. The van der Waals surface area contributed by atoms with E-state index in [0.29, 0.717) is 43.8 Å². The monoisotopic (exact) mass is 444 g/mol. The van der Waals surface area contributed by atoms with E-state index >= 15 is 0 Å². The maximum Gasteiger partial charge on any atom is 0.309 e. The molecule has 1 atom stereocenters. The van der Waals surface area contributed by atoms with Crippen LogP contribution >= 0.6 is 11.3 Å². The van der Waals surface area contributed by atoms with Gasteiger partial charge in [-0.15, -0.1) is 11.3 Å². The van der Waals surface area contributed by atoms with Crippen molar-refractivity contribution in [2.45, 2.75) is 32.3 Å². The van der Waals surface area contributed by atoms with Gasteiger partial charge in [-0.3, -0.25) is 14.4 Å². The van der Waals surface area contributed by atoms with Gasteiger partial charge >= 0.3 is 5.97 Å². The van der Waals surface area contributed by atoms with Crippen LogP contribution in [-0.2, 0) is 20.7 Å². The molecule has 1 saturated heterocycles. The number of carbonyl (C=O) groups is 3. The summed E-state index contributed by atoms with van der Waals surface area (Å²) < 4.78 is 10.5. The lowest BCUT2D eigenvalue weighted by Crippen LogP contribution is -2.42. The number of methoxy groups -OCH3 is 1. The van der Waals surface area contributed by atoms with Crippen molar-refractivity contribution in [1.29, 1.82) is 0 Å². The van der Waals surface area contributed by atoms with Gasteiger partial charge in [-0.2, -0.15) is 0 Å². The standard InChI is InChI=1S/C23H28N2O5S/c1-16(21(26)24-12-9-17-5-7-19(29-2)8-6-17)30-23(28)18-10-13-25(14-11-18)22(27)20-4-3-15-31-20/h3-8,15-16,18H,9-14H2,1-2H3,(H,24,26). The van der Waals surface area contributed by atoms with E-state index in [1.165, 1.54) is 11.3 Å². The fourth-order valence-corrected chi connectivity index (χ4v) is 4.16. The lowest BCUT2D eigenvalue weighted by atomic mass is 9.97. The predicted octanol–water partition coefficient (Wildman–Crippen LogP) is 2.90. The van der Waals surface area contributed by atoms with Crippen molar-refractivity contribution in [2.24, 2.45) is 5.92 Å². The van der Waals surface area contributed by atoms with E-state index in [9.17, 15) is 14.4 Å². The Morgan fingerprint density at radius 2 is 1.87 bits per heavy atom. The molecular weight excluding hydrogens is 416 g/mol. The third-order valence-electron chi connectivity index (χ3n) is 5.38. The number of piperidine rings is 1. The van der Waals surface area contributed by atoms with Crippen molar-refractivity contribution in [3.05, 3.63) is 52.2 Å². The van der Waals surface area contributed by atoms with E-state index in [-0.39, 0.29) is 23.7 Å². The molecular formula is C23H28N2O5S. The molecule has 0 spiro atoms. The quantitative estimate of drug-likeness (QED) is 0.633.